The van der Waals surface area contributed by atoms with Gasteiger partial charge in [-0.15, -0.1) is 0 Å². The van der Waals surface area contributed by atoms with Crippen molar-refractivity contribution in [1.82, 2.24) is 0 Å². The average Bonchev–Trinajstić information content (AvgIpc) is 3.14. The van der Waals surface area contributed by atoms with Crippen molar-refractivity contribution in [2.24, 2.45) is 5.41 Å². The lowest BCUT2D eigenvalue weighted by atomic mass is 10.1. The summed E-state index contributed by atoms with van der Waals surface area (Å²) in [4.78, 5) is 11.9. The molecule has 0 spiro atoms. The van der Waals surface area contributed by atoms with Gasteiger partial charge in [-0.05, 0) is 50.5 Å². The number of amides is 1. The fourth-order valence-electron chi connectivity index (χ4n) is 1.92. The lowest BCUT2D eigenvalue weighted by molar-refractivity contribution is -0.122. The van der Waals surface area contributed by atoms with E-state index in [9.17, 15) is 9.90 Å². The summed E-state index contributed by atoms with van der Waals surface area (Å²) in [5, 5.41) is 12.0. The summed E-state index contributed by atoms with van der Waals surface area (Å²) in [6.45, 7) is 4.43. The molecule has 0 bridgehead atoms. The third-order valence-corrected chi connectivity index (χ3v) is 3.37. The minimum absolute atomic E-state index is 0.0746. The molecule has 0 radical (unpaired) electrons. The molecule has 0 unspecified atom stereocenters. The van der Waals surface area contributed by atoms with Crippen molar-refractivity contribution < 1.29 is 14.6 Å². The highest BCUT2D eigenvalue weighted by atomic mass is 16.5. The van der Waals surface area contributed by atoms with Gasteiger partial charge in [0.15, 0.2) is 0 Å². The van der Waals surface area contributed by atoms with E-state index in [-0.39, 0.29) is 12.5 Å². The van der Waals surface area contributed by atoms with E-state index in [0.717, 1.165) is 29.8 Å². The van der Waals surface area contributed by atoms with Crippen LogP contribution in [-0.2, 0) is 4.79 Å². The molecule has 18 heavy (non-hydrogen) atoms. The van der Waals surface area contributed by atoms with Crippen molar-refractivity contribution >= 4 is 11.6 Å². The van der Waals surface area contributed by atoms with Crippen molar-refractivity contribution in [3.05, 3.63) is 23.8 Å². The van der Waals surface area contributed by atoms with Gasteiger partial charge in [0.25, 0.3) is 0 Å². The SMILES string of the molecule is CCOc1ccc(NC(=O)C2(CO)CC2)cc1C. The maximum absolute atomic E-state index is 11.9. The van der Waals surface area contributed by atoms with Crippen molar-refractivity contribution in [2.75, 3.05) is 18.5 Å². The number of benzene rings is 1. The number of ether oxygens (including phenoxy) is 1. The zero-order chi connectivity index (χ0) is 13.2. The smallest absolute Gasteiger partial charge is 0.232 e. The molecule has 4 heteroatoms. The molecule has 0 saturated heterocycles. The van der Waals surface area contributed by atoms with Crippen molar-refractivity contribution in [3.63, 3.8) is 0 Å². The Morgan fingerprint density at radius 3 is 2.72 bits per heavy atom. The van der Waals surface area contributed by atoms with Crippen molar-refractivity contribution in [3.8, 4) is 5.75 Å². The van der Waals surface area contributed by atoms with Crippen LogP contribution in [0.1, 0.15) is 25.3 Å². The van der Waals surface area contributed by atoms with E-state index >= 15 is 0 Å². The van der Waals surface area contributed by atoms with Gasteiger partial charge in [-0.2, -0.15) is 0 Å². The number of rotatable bonds is 5. The van der Waals surface area contributed by atoms with Gasteiger partial charge in [0, 0.05) is 5.69 Å². The molecule has 98 valence electrons. The zero-order valence-electron chi connectivity index (χ0n) is 10.8. The second kappa shape index (κ2) is 4.98. The third-order valence-electron chi connectivity index (χ3n) is 3.37. The van der Waals surface area contributed by atoms with Crippen LogP contribution in [0.3, 0.4) is 0 Å². The molecule has 1 aliphatic carbocycles. The van der Waals surface area contributed by atoms with E-state index in [1.807, 2.05) is 32.0 Å². The monoisotopic (exact) mass is 249 g/mol. The van der Waals surface area contributed by atoms with Crippen LogP contribution in [0.5, 0.6) is 5.75 Å². The number of aryl methyl sites for hydroxylation is 1. The van der Waals surface area contributed by atoms with Gasteiger partial charge in [0.2, 0.25) is 5.91 Å². The Balaban J connectivity index is 2.06. The number of hydrogen-bond acceptors (Lipinski definition) is 3. The molecule has 0 atom stereocenters. The molecule has 1 amide bonds. The lowest BCUT2D eigenvalue weighted by Crippen LogP contribution is -2.27. The van der Waals surface area contributed by atoms with Crippen molar-refractivity contribution in [2.45, 2.75) is 26.7 Å². The number of anilines is 1. The van der Waals surface area contributed by atoms with Gasteiger partial charge in [-0.3, -0.25) is 4.79 Å². The van der Waals surface area contributed by atoms with Crippen molar-refractivity contribution in [1.29, 1.82) is 0 Å². The minimum atomic E-state index is -0.535. The standard InChI is InChI=1S/C14H19NO3/c1-3-18-12-5-4-11(8-10(12)2)15-13(17)14(9-16)6-7-14/h4-5,8,16H,3,6-7,9H2,1-2H3,(H,15,17). The molecule has 1 fully saturated rings. The van der Waals surface area contributed by atoms with Crippen LogP contribution >= 0.6 is 0 Å². The van der Waals surface area contributed by atoms with Crippen LogP contribution in [0, 0.1) is 12.3 Å². The fraction of sp³-hybridized carbons (Fsp3) is 0.500. The number of nitrogens with one attached hydrogen (secondary N) is 1. The maximum atomic E-state index is 11.9. The summed E-state index contributed by atoms with van der Waals surface area (Å²) in [5.41, 5.74) is 1.20. The first kappa shape index (κ1) is 12.9. The fourth-order valence-corrected chi connectivity index (χ4v) is 1.92. The zero-order valence-corrected chi connectivity index (χ0v) is 10.8. The summed E-state index contributed by atoms with van der Waals surface area (Å²) >= 11 is 0. The summed E-state index contributed by atoms with van der Waals surface area (Å²) in [5.74, 6) is 0.743. The number of carbonyl (C=O) groups excluding carboxylic acids is 1. The topological polar surface area (TPSA) is 58.6 Å². The Morgan fingerprint density at radius 2 is 2.22 bits per heavy atom. The molecular formula is C14H19NO3. The van der Waals surface area contributed by atoms with Gasteiger partial charge in [-0.1, -0.05) is 0 Å². The van der Waals surface area contributed by atoms with E-state index in [1.54, 1.807) is 0 Å². The highest BCUT2D eigenvalue weighted by Crippen LogP contribution is 2.45. The number of aliphatic hydroxyl groups is 1. The van der Waals surface area contributed by atoms with E-state index in [4.69, 9.17) is 4.74 Å². The molecule has 0 aromatic heterocycles. The van der Waals surface area contributed by atoms with Crippen LogP contribution < -0.4 is 10.1 Å². The lowest BCUT2D eigenvalue weighted by Gasteiger charge is -2.14. The largest absolute Gasteiger partial charge is 0.494 e. The first-order chi connectivity index (χ1) is 8.61. The highest BCUT2D eigenvalue weighted by Gasteiger charge is 2.49. The molecule has 4 nitrogen and oxygen atoms in total. The Morgan fingerprint density at radius 1 is 1.50 bits per heavy atom. The highest BCUT2D eigenvalue weighted by molar-refractivity contribution is 5.97. The van der Waals surface area contributed by atoms with Crippen LogP contribution in [0.2, 0.25) is 0 Å². The molecule has 0 aliphatic heterocycles. The summed E-state index contributed by atoms with van der Waals surface area (Å²) in [7, 11) is 0. The molecule has 0 heterocycles. The van der Waals surface area contributed by atoms with Gasteiger partial charge >= 0.3 is 0 Å². The van der Waals surface area contributed by atoms with E-state index in [2.05, 4.69) is 5.32 Å². The quantitative estimate of drug-likeness (QED) is 0.840. The van der Waals surface area contributed by atoms with Gasteiger partial charge in [-0.25, -0.2) is 0 Å². The molecule has 1 aromatic carbocycles. The third kappa shape index (κ3) is 2.48. The second-order valence-corrected chi connectivity index (χ2v) is 4.81. The molecule has 2 N–H and O–H groups in total. The van der Waals surface area contributed by atoms with Crippen LogP contribution in [0.25, 0.3) is 0 Å². The predicted octanol–water partition coefficient (Wildman–Crippen LogP) is 2.10. The molecule has 1 saturated carbocycles. The first-order valence-corrected chi connectivity index (χ1v) is 6.27. The Bertz CT molecular complexity index is 452. The van der Waals surface area contributed by atoms with E-state index in [0.29, 0.717) is 6.61 Å². The maximum Gasteiger partial charge on any atom is 0.232 e. The van der Waals surface area contributed by atoms with Crippen LogP contribution in [0.15, 0.2) is 18.2 Å². The van der Waals surface area contributed by atoms with Crippen LogP contribution in [-0.4, -0.2) is 24.2 Å². The van der Waals surface area contributed by atoms with Gasteiger partial charge in [0.1, 0.15) is 5.75 Å². The number of hydrogen-bond donors (Lipinski definition) is 2. The average molecular weight is 249 g/mol. The Kier molecular flexibility index (Phi) is 3.57. The summed E-state index contributed by atoms with van der Waals surface area (Å²) in [6.07, 6.45) is 1.54. The van der Waals surface area contributed by atoms with Crippen LogP contribution in [0.4, 0.5) is 5.69 Å². The second-order valence-electron chi connectivity index (χ2n) is 4.81. The predicted molar refractivity (Wildman–Crippen MR) is 69.7 cm³/mol. The Hall–Kier alpha value is -1.55. The number of carbonyl (C=O) groups is 1. The molecule has 1 aromatic rings. The normalized spacial score (nSPS) is 16.2. The first-order valence-electron chi connectivity index (χ1n) is 6.27. The molecule has 2 rings (SSSR count). The Labute approximate surface area is 107 Å². The number of aliphatic hydroxyl groups excluding tert-OH is 1. The summed E-state index contributed by atoms with van der Waals surface area (Å²) in [6, 6.07) is 5.56. The van der Waals surface area contributed by atoms with E-state index < -0.39 is 5.41 Å². The van der Waals surface area contributed by atoms with Gasteiger partial charge in [0.05, 0.1) is 18.6 Å². The minimum Gasteiger partial charge on any atom is -0.494 e. The summed E-state index contributed by atoms with van der Waals surface area (Å²) < 4.78 is 5.44. The molecule has 1 aliphatic rings. The van der Waals surface area contributed by atoms with Gasteiger partial charge < -0.3 is 15.2 Å². The molecular weight excluding hydrogens is 230 g/mol. The van der Waals surface area contributed by atoms with E-state index in [1.165, 1.54) is 0 Å².